The second kappa shape index (κ2) is 9.15. The van der Waals surface area contributed by atoms with Gasteiger partial charge in [-0.05, 0) is 45.3 Å². The minimum Gasteiger partial charge on any atom is -0.284 e. The molecule has 0 spiro atoms. The molecule has 2 aliphatic rings. The Balaban J connectivity index is 0.000000489. The van der Waals surface area contributed by atoms with Crippen LogP contribution < -0.4 is 23.5 Å². The highest BCUT2D eigenvalue weighted by atomic mass is 35.7. The van der Waals surface area contributed by atoms with E-state index in [4.69, 9.17) is 18.6 Å². The second-order valence-electron chi connectivity index (χ2n) is 8.79. The van der Waals surface area contributed by atoms with Gasteiger partial charge in [0.2, 0.25) is 0 Å². The monoisotopic (exact) mass is 502 g/mol. The van der Waals surface area contributed by atoms with Gasteiger partial charge in [-0.2, -0.15) is 0 Å². The van der Waals surface area contributed by atoms with E-state index in [0.29, 0.717) is 0 Å². The first-order chi connectivity index (χ1) is 17.1. The van der Waals surface area contributed by atoms with E-state index in [-0.39, 0.29) is 12.1 Å². The van der Waals surface area contributed by atoms with Gasteiger partial charge < -0.3 is 0 Å². The summed E-state index contributed by atoms with van der Waals surface area (Å²) >= 11 is 0. The molecule has 2 atom stereocenters. The van der Waals surface area contributed by atoms with Crippen LogP contribution >= 0.6 is 0 Å². The number of carbonyl (C=O) groups excluding carboxylic acids is 1. The highest BCUT2D eigenvalue weighted by Crippen LogP contribution is 2.47. The smallest absolute Gasteiger partial charge is 0.284 e. The summed E-state index contributed by atoms with van der Waals surface area (Å²) in [5.74, 6) is 0. The number of amides is 2. The van der Waals surface area contributed by atoms with Crippen LogP contribution in [0.15, 0.2) is 84.9 Å². The van der Waals surface area contributed by atoms with Crippen LogP contribution in [0.1, 0.15) is 17.2 Å². The van der Waals surface area contributed by atoms with Gasteiger partial charge in [0, 0.05) is 24.1 Å². The first-order valence-corrected chi connectivity index (χ1v) is 12.5. The summed E-state index contributed by atoms with van der Waals surface area (Å²) in [7, 11) is -1.09. The molecule has 4 aromatic carbocycles. The van der Waals surface area contributed by atoms with Gasteiger partial charge in [0.05, 0.1) is 13.1 Å². The van der Waals surface area contributed by atoms with Crippen LogP contribution in [-0.2, 0) is 0 Å². The normalized spacial score (nSPS) is 18.2. The number of urea groups is 1. The predicted octanol–water partition coefficient (Wildman–Crippen LogP) is 0.697. The lowest BCUT2D eigenvalue weighted by atomic mass is 9.80. The summed E-state index contributed by atoms with van der Waals surface area (Å²) < 4.78 is 34.0. The van der Waals surface area contributed by atoms with Gasteiger partial charge >= 0.3 is 6.03 Å². The molecule has 1 aliphatic carbocycles. The minimum absolute atomic E-state index is 0.0305. The van der Waals surface area contributed by atoms with E-state index in [1.165, 1.54) is 44.2 Å². The maximum atomic E-state index is 12.8. The standard InChI is InChI=1S/C28H22N2O.ClHO4/c1-29-24-15-13-20-22(18-9-5-3-6-10-18)17-23(19-11-7-4-8-12-19)21-14-16-25(27(24)26(20)21)30(2)28(29)31;2-1(3,4)5/h3-17,24H,1-2H3;(H,2,3,4,5). The molecule has 6 rings (SSSR count). The highest BCUT2D eigenvalue weighted by molar-refractivity contribution is 6.10. The van der Waals surface area contributed by atoms with Crippen LogP contribution in [0.2, 0.25) is 0 Å². The van der Waals surface area contributed by atoms with E-state index in [1.54, 1.807) is 0 Å². The number of likely N-dealkylation sites (N-methyl/N-ethyl adjacent to an activating group) is 1. The third kappa shape index (κ3) is 4.29. The van der Waals surface area contributed by atoms with Crippen molar-refractivity contribution in [3.63, 3.8) is 0 Å². The van der Waals surface area contributed by atoms with Gasteiger partial charge in [-0.1, -0.05) is 72.8 Å². The average Bonchev–Trinajstić information content (AvgIpc) is 2.87. The van der Waals surface area contributed by atoms with Crippen LogP contribution in [0.3, 0.4) is 0 Å². The molecule has 1 N–H and O–H groups in total. The van der Waals surface area contributed by atoms with Crippen LogP contribution in [0.4, 0.5) is 10.5 Å². The van der Waals surface area contributed by atoms with Crippen LogP contribution in [0.25, 0.3) is 39.1 Å². The molecule has 0 bridgehead atoms. The van der Waals surface area contributed by atoms with Crippen LogP contribution in [0, 0.1) is 10.2 Å². The van der Waals surface area contributed by atoms with Crippen molar-refractivity contribution in [1.82, 2.24) is 4.90 Å². The molecular weight excluding hydrogens is 480 g/mol. The van der Waals surface area contributed by atoms with E-state index in [9.17, 15) is 4.79 Å². The summed E-state index contributed by atoms with van der Waals surface area (Å²) in [6.45, 7) is 0. The lowest BCUT2D eigenvalue weighted by Crippen LogP contribution is -3.09. The first kappa shape index (κ1) is 24.1. The highest BCUT2D eigenvalue weighted by Gasteiger charge is 2.40. The number of rotatable bonds is 2. The quantitative estimate of drug-likeness (QED) is 0.433. The number of nitrogens with zero attached hydrogens (tertiary/aromatic N) is 1. The van der Waals surface area contributed by atoms with Crippen LogP contribution in [-0.4, -0.2) is 25.0 Å². The number of hydrogen-bond donors (Lipinski definition) is 1. The van der Waals surface area contributed by atoms with Crippen molar-refractivity contribution < 1.29 is 38.6 Å². The summed E-state index contributed by atoms with van der Waals surface area (Å²) in [5.41, 5.74) is 8.44. The van der Waals surface area contributed by atoms with Crippen molar-refractivity contribution >= 4 is 28.6 Å². The lowest BCUT2D eigenvalue weighted by molar-refractivity contribution is -2.00. The van der Waals surface area contributed by atoms with Crippen LogP contribution in [0.5, 0.6) is 0 Å². The van der Waals surface area contributed by atoms with Crippen molar-refractivity contribution in [2.45, 2.75) is 6.04 Å². The van der Waals surface area contributed by atoms with Gasteiger partial charge in [-0.15, -0.1) is 10.2 Å². The zero-order valence-corrected chi connectivity index (χ0v) is 20.4. The van der Waals surface area contributed by atoms with E-state index in [1.807, 2.05) is 19.0 Å². The number of carbonyl (C=O) groups is 1. The molecule has 8 heteroatoms. The Labute approximate surface area is 210 Å². The van der Waals surface area contributed by atoms with E-state index < -0.39 is 10.2 Å². The van der Waals surface area contributed by atoms with Gasteiger partial charge in [-0.25, -0.2) is 28.3 Å². The molecule has 182 valence electrons. The zero-order chi connectivity index (χ0) is 25.6. The molecule has 2 amide bonds. The third-order valence-corrected chi connectivity index (χ3v) is 6.76. The number of nitrogens with one attached hydrogen (secondary N) is 1. The van der Waals surface area contributed by atoms with Crippen molar-refractivity contribution in [3.8, 4) is 22.3 Å². The fraction of sp³-hybridized carbons (Fsp3) is 0.107. The summed E-state index contributed by atoms with van der Waals surface area (Å²) in [6, 6.07) is 27.9. The summed E-state index contributed by atoms with van der Waals surface area (Å²) in [4.78, 5) is 15.5. The average molecular weight is 503 g/mol. The fourth-order valence-electron chi connectivity index (χ4n) is 5.20. The summed E-state index contributed by atoms with van der Waals surface area (Å²) in [6.07, 6.45) is 4.39. The molecule has 0 saturated carbocycles. The number of benzene rings is 4. The Kier molecular flexibility index (Phi) is 6.13. The molecule has 1 heterocycles. The molecule has 0 fully saturated rings. The molecule has 4 aromatic rings. The van der Waals surface area contributed by atoms with Crippen molar-refractivity contribution in [2.75, 3.05) is 14.1 Å². The Bertz CT molecular complexity index is 1480. The molecule has 0 saturated heterocycles. The molecule has 7 nitrogen and oxygen atoms in total. The molecule has 36 heavy (non-hydrogen) atoms. The zero-order valence-electron chi connectivity index (χ0n) is 19.6. The Morgan fingerprint density at radius 3 is 1.97 bits per heavy atom. The molecule has 0 radical (unpaired) electrons. The maximum Gasteiger partial charge on any atom is 0.422 e. The van der Waals surface area contributed by atoms with Crippen molar-refractivity contribution in [1.29, 1.82) is 0 Å². The summed E-state index contributed by atoms with van der Waals surface area (Å²) in [5, 5.41) is 2.51. The van der Waals surface area contributed by atoms with E-state index >= 15 is 0 Å². The minimum atomic E-state index is -4.94. The molecule has 2 unspecified atom stereocenters. The van der Waals surface area contributed by atoms with E-state index in [2.05, 4.69) is 91.0 Å². The van der Waals surface area contributed by atoms with Crippen molar-refractivity contribution in [3.05, 3.63) is 96.1 Å². The Morgan fingerprint density at radius 2 is 1.39 bits per heavy atom. The van der Waals surface area contributed by atoms with Crippen molar-refractivity contribution in [2.24, 2.45) is 0 Å². The topological polar surface area (TPSA) is 117 Å². The van der Waals surface area contributed by atoms with Gasteiger partial charge in [-0.3, -0.25) is 4.90 Å². The second-order valence-corrected chi connectivity index (χ2v) is 9.55. The largest absolute Gasteiger partial charge is 0.422 e. The molecular formula is C28H23ClN2O5. The number of quaternary nitrogens is 1. The maximum absolute atomic E-state index is 12.8. The van der Waals surface area contributed by atoms with E-state index in [0.717, 1.165) is 10.6 Å². The lowest BCUT2D eigenvalue weighted by Gasteiger charge is -2.37. The molecule has 1 aliphatic heterocycles. The predicted molar refractivity (Wildman–Crippen MR) is 126 cm³/mol. The SMILES string of the molecule is CN1C(=O)[NH+](C)c2ccc3c(-c4ccccc4)cc(-c4ccccc4)c4c3c2C1C=C4.[O-][Cl+3]([O-])([O-])[O-]. The fourth-order valence-corrected chi connectivity index (χ4v) is 5.20. The Hall–Kier alpha value is -3.56. The first-order valence-electron chi connectivity index (χ1n) is 11.3. The number of hydrogen-bond acceptors (Lipinski definition) is 5. The van der Waals surface area contributed by atoms with Gasteiger partial charge in [0.15, 0.2) is 0 Å². The molecule has 0 aromatic heterocycles. The third-order valence-electron chi connectivity index (χ3n) is 6.76. The number of halogens is 1. The Morgan fingerprint density at radius 1 is 0.833 bits per heavy atom. The van der Waals surface area contributed by atoms with Gasteiger partial charge in [0.1, 0.15) is 5.69 Å². The van der Waals surface area contributed by atoms with Gasteiger partial charge in [0.25, 0.3) is 0 Å².